The average Bonchev–Trinajstić information content (AvgIpc) is 3.27. The molecule has 1 amide bonds. The third-order valence-corrected chi connectivity index (χ3v) is 5.62. The van der Waals surface area contributed by atoms with Crippen LogP contribution in [0.2, 0.25) is 5.02 Å². The Kier molecular flexibility index (Phi) is 6.42. The molecule has 0 bridgehead atoms. The van der Waals surface area contributed by atoms with E-state index in [0.717, 1.165) is 27.5 Å². The summed E-state index contributed by atoms with van der Waals surface area (Å²) in [7, 11) is 0. The molecule has 0 unspecified atom stereocenters. The van der Waals surface area contributed by atoms with Crippen molar-refractivity contribution in [2.45, 2.75) is 6.42 Å². The SMILES string of the molecule is O=C(CCOc1ccccc1Cl)Nc1ccc(-c2csc(-c3ccccc3)n2)cc1. The van der Waals surface area contributed by atoms with Crippen molar-refractivity contribution in [1.82, 2.24) is 4.98 Å². The van der Waals surface area contributed by atoms with Crippen LogP contribution >= 0.6 is 22.9 Å². The molecule has 0 radical (unpaired) electrons. The standard InChI is InChI=1S/C24H19ClN2O2S/c25-20-8-4-5-9-22(20)29-15-14-23(28)26-19-12-10-17(11-13-19)21-16-30-24(27-21)18-6-2-1-3-7-18/h1-13,16H,14-15H2,(H,26,28). The Labute approximate surface area is 184 Å². The highest BCUT2D eigenvalue weighted by Gasteiger charge is 2.08. The zero-order chi connectivity index (χ0) is 20.8. The van der Waals surface area contributed by atoms with Gasteiger partial charge in [0.1, 0.15) is 10.8 Å². The molecule has 0 aliphatic rings. The van der Waals surface area contributed by atoms with Gasteiger partial charge in [-0.3, -0.25) is 4.79 Å². The van der Waals surface area contributed by atoms with Crippen LogP contribution in [0.25, 0.3) is 21.8 Å². The van der Waals surface area contributed by atoms with Gasteiger partial charge in [0.15, 0.2) is 0 Å². The third-order valence-electron chi connectivity index (χ3n) is 4.41. The minimum absolute atomic E-state index is 0.116. The van der Waals surface area contributed by atoms with E-state index in [-0.39, 0.29) is 18.9 Å². The molecular weight excluding hydrogens is 416 g/mol. The molecule has 3 aromatic carbocycles. The quantitative estimate of drug-likeness (QED) is 0.359. The average molecular weight is 435 g/mol. The second-order valence-electron chi connectivity index (χ2n) is 6.56. The van der Waals surface area contributed by atoms with Crippen LogP contribution < -0.4 is 10.1 Å². The van der Waals surface area contributed by atoms with E-state index in [2.05, 4.69) is 17.4 Å². The summed E-state index contributed by atoms with van der Waals surface area (Å²) < 4.78 is 5.56. The fourth-order valence-electron chi connectivity index (χ4n) is 2.88. The van der Waals surface area contributed by atoms with Crippen LogP contribution in [0.5, 0.6) is 5.75 Å². The fourth-order valence-corrected chi connectivity index (χ4v) is 3.91. The summed E-state index contributed by atoms with van der Waals surface area (Å²) in [5, 5.41) is 6.45. The smallest absolute Gasteiger partial charge is 0.227 e. The maximum absolute atomic E-state index is 12.2. The number of ether oxygens (including phenoxy) is 1. The van der Waals surface area contributed by atoms with E-state index in [9.17, 15) is 4.79 Å². The number of hydrogen-bond acceptors (Lipinski definition) is 4. The first-order valence-corrected chi connectivity index (χ1v) is 10.7. The number of thiazole rings is 1. The molecule has 4 nitrogen and oxygen atoms in total. The van der Waals surface area contributed by atoms with Crippen LogP contribution in [-0.2, 0) is 4.79 Å². The number of para-hydroxylation sites is 1. The van der Waals surface area contributed by atoms with Crippen molar-refractivity contribution in [3.05, 3.63) is 89.3 Å². The Morgan fingerprint density at radius 3 is 2.43 bits per heavy atom. The molecule has 150 valence electrons. The van der Waals surface area contributed by atoms with Gasteiger partial charge in [0, 0.05) is 22.2 Å². The number of amides is 1. The zero-order valence-corrected chi connectivity index (χ0v) is 17.6. The van der Waals surface area contributed by atoms with Gasteiger partial charge in [-0.25, -0.2) is 4.98 Å². The zero-order valence-electron chi connectivity index (χ0n) is 16.0. The first-order valence-electron chi connectivity index (χ1n) is 9.47. The van der Waals surface area contributed by atoms with Crippen LogP contribution in [0, 0.1) is 0 Å². The molecule has 6 heteroatoms. The summed E-state index contributed by atoms with van der Waals surface area (Å²) in [5.41, 5.74) is 3.77. The van der Waals surface area contributed by atoms with Crippen molar-refractivity contribution in [1.29, 1.82) is 0 Å². The number of benzene rings is 3. The molecular formula is C24H19ClN2O2S. The molecule has 0 aliphatic heterocycles. The van der Waals surface area contributed by atoms with Gasteiger partial charge in [-0.05, 0) is 24.3 Å². The van der Waals surface area contributed by atoms with E-state index in [1.165, 1.54) is 0 Å². The highest BCUT2D eigenvalue weighted by molar-refractivity contribution is 7.13. The lowest BCUT2D eigenvalue weighted by atomic mass is 10.1. The minimum Gasteiger partial charge on any atom is -0.491 e. The van der Waals surface area contributed by atoms with Crippen LogP contribution in [0.1, 0.15) is 6.42 Å². The van der Waals surface area contributed by atoms with Gasteiger partial charge < -0.3 is 10.1 Å². The van der Waals surface area contributed by atoms with Crippen molar-refractivity contribution in [2.75, 3.05) is 11.9 Å². The number of carbonyl (C=O) groups excluding carboxylic acids is 1. The summed E-state index contributed by atoms with van der Waals surface area (Å²) in [4.78, 5) is 16.9. The number of halogens is 1. The topological polar surface area (TPSA) is 51.2 Å². The number of nitrogens with one attached hydrogen (secondary N) is 1. The molecule has 0 aliphatic carbocycles. The number of rotatable bonds is 7. The number of hydrogen-bond donors (Lipinski definition) is 1. The molecule has 0 atom stereocenters. The van der Waals surface area contributed by atoms with Crippen molar-refractivity contribution in [3.8, 4) is 27.6 Å². The van der Waals surface area contributed by atoms with E-state index < -0.39 is 0 Å². The normalized spacial score (nSPS) is 10.6. The van der Waals surface area contributed by atoms with Crippen LogP contribution in [0.15, 0.2) is 84.2 Å². The maximum atomic E-state index is 12.2. The Hall–Kier alpha value is -3.15. The highest BCUT2D eigenvalue weighted by Crippen LogP contribution is 2.29. The summed E-state index contributed by atoms with van der Waals surface area (Å²) >= 11 is 7.66. The first kappa shape index (κ1) is 20.1. The molecule has 0 fully saturated rings. The van der Waals surface area contributed by atoms with E-state index in [4.69, 9.17) is 21.3 Å². The molecule has 4 rings (SSSR count). The van der Waals surface area contributed by atoms with Crippen LogP contribution in [0.3, 0.4) is 0 Å². The maximum Gasteiger partial charge on any atom is 0.227 e. The summed E-state index contributed by atoms with van der Waals surface area (Å²) in [6.45, 7) is 0.259. The third kappa shape index (κ3) is 5.06. The van der Waals surface area contributed by atoms with E-state index in [1.807, 2.05) is 60.0 Å². The van der Waals surface area contributed by atoms with Crippen molar-refractivity contribution in [2.24, 2.45) is 0 Å². The molecule has 1 heterocycles. The fraction of sp³-hybridized carbons (Fsp3) is 0.0833. The summed E-state index contributed by atoms with van der Waals surface area (Å²) in [6.07, 6.45) is 0.236. The Morgan fingerprint density at radius 2 is 1.67 bits per heavy atom. The van der Waals surface area contributed by atoms with E-state index in [0.29, 0.717) is 10.8 Å². The molecule has 0 saturated heterocycles. The number of nitrogens with zero attached hydrogens (tertiary/aromatic N) is 1. The van der Waals surface area contributed by atoms with Crippen molar-refractivity contribution >= 4 is 34.5 Å². The Bertz CT molecular complexity index is 1130. The van der Waals surface area contributed by atoms with Gasteiger partial charge in [0.05, 0.1) is 23.7 Å². The van der Waals surface area contributed by atoms with E-state index in [1.54, 1.807) is 23.5 Å². The minimum atomic E-state index is -0.116. The molecule has 1 N–H and O–H groups in total. The lowest BCUT2D eigenvalue weighted by Gasteiger charge is -2.08. The Balaban J connectivity index is 1.32. The largest absolute Gasteiger partial charge is 0.491 e. The van der Waals surface area contributed by atoms with Crippen LogP contribution in [0.4, 0.5) is 5.69 Å². The van der Waals surface area contributed by atoms with Gasteiger partial charge >= 0.3 is 0 Å². The number of carbonyl (C=O) groups is 1. The second-order valence-corrected chi connectivity index (χ2v) is 7.82. The summed E-state index contributed by atoms with van der Waals surface area (Å²) in [6, 6.07) is 25.0. The molecule has 0 spiro atoms. The van der Waals surface area contributed by atoms with Crippen molar-refractivity contribution < 1.29 is 9.53 Å². The Morgan fingerprint density at radius 1 is 0.933 bits per heavy atom. The highest BCUT2D eigenvalue weighted by atomic mass is 35.5. The van der Waals surface area contributed by atoms with Gasteiger partial charge in [0.25, 0.3) is 0 Å². The number of aromatic nitrogens is 1. The second kappa shape index (κ2) is 9.57. The molecule has 30 heavy (non-hydrogen) atoms. The summed E-state index contributed by atoms with van der Waals surface area (Å²) in [5.74, 6) is 0.462. The predicted molar refractivity (Wildman–Crippen MR) is 123 cm³/mol. The molecule has 4 aromatic rings. The van der Waals surface area contributed by atoms with Gasteiger partial charge in [-0.2, -0.15) is 0 Å². The number of anilines is 1. The molecule has 0 saturated carbocycles. The van der Waals surface area contributed by atoms with Crippen molar-refractivity contribution in [3.63, 3.8) is 0 Å². The van der Waals surface area contributed by atoms with E-state index >= 15 is 0 Å². The lowest BCUT2D eigenvalue weighted by molar-refractivity contribution is -0.116. The van der Waals surface area contributed by atoms with Gasteiger partial charge in [-0.1, -0.05) is 66.2 Å². The van der Waals surface area contributed by atoms with Crippen LogP contribution in [-0.4, -0.2) is 17.5 Å². The van der Waals surface area contributed by atoms with Gasteiger partial charge in [0.2, 0.25) is 5.91 Å². The monoisotopic (exact) mass is 434 g/mol. The lowest BCUT2D eigenvalue weighted by Crippen LogP contribution is -2.15. The first-order chi connectivity index (χ1) is 14.7. The van der Waals surface area contributed by atoms with Gasteiger partial charge in [-0.15, -0.1) is 11.3 Å². The molecule has 1 aromatic heterocycles. The predicted octanol–water partition coefficient (Wildman–Crippen LogP) is 6.54.